The van der Waals surface area contributed by atoms with Crippen molar-refractivity contribution < 1.29 is 8.78 Å². The van der Waals surface area contributed by atoms with Crippen LogP contribution in [0.1, 0.15) is 31.7 Å². The Morgan fingerprint density at radius 2 is 2.36 bits per heavy atom. The zero-order valence-corrected chi connectivity index (χ0v) is 9.17. The summed E-state index contributed by atoms with van der Waals surface area (Å²) in [5.74, 6) is -2.52. The van der Waals surface area contributed by atoms with Crippen molar-refractivity contribution in [2.75, 3.05) is 0 Å². The van der Waals surface area contributed by atoms with Crippen molar-refractivity contribution in [1.29, 1.82) is 0 Å². The standard InChI is InChI=1S/C9H11BrF2N2/c10-8-3-5-13-14(8)7-2-1-4-9(11,12)6-7/h3,5,7H,1-2,4,6H2. The molecule has 5 heteroatoms. The summed E-state index contributed by atoms with van der Waals surface area (Å²) >= 11 is 3.29. The van der Waals surface area contributed by atoms with E-state index in [0.29, 0.717) is 6.42 Å². The molecule has 1 aliphatic rings. The zero-order valence-electron chi connectivity index (χ0n) is 7.59. The Labute approximate surface area is 89.4 Å². The molecule has 0 aliphatic heterocycles. The Kier molecular flexibility index (Phi) is 2.60. The van der Waals surface area contributed by atoms with Crippen LogP contribution in [0, 0.1) is 0 Å². The summed E-state index contributed by atoms with van der Waals surface area (Å²) in [4.78, 5) is 0. The molecule has 1 saturated carbocycles. The number of hydrogen-bond acceptors (Lipinski definition) is 1. The summed E-state index contributed by atoms with van der Waals surface area (Å²) in [5, 5.41) is 4.04. The van der Waals surface area contributed by atoms with Gasteiger partial charge in [-0.3, -0.25) is 4.68 Å². The second-order valence-electron chi connectivity index (χ2n) is 3.70. The maximum Gasteiger partial charge on any atom is 0.250 e. The molecule has 0 radical (unpaired) electrons. The SMILES string of the molecule is FC1(F)CCCC(n2nccc2Br)C1. The topological polar surface area (TPSA) is 17.8 Å². The summed E-state index contributed by atoms with van der Waals surface area (Å²) in [6, 6.07) is 1.61. The molecule has 1 unspecified atom stereocenters. The lowest BCUT2D eigenvalue weighted by Gasteiger charge is -2.29. The first kappa shape index (κ1) is 10.1. The van der Waals surface area contributed by atoms with Gasteiger partial charge in [0.05, 0.1) is 12.2 Å². The molecular formula is C9H11BrF2N2. The van der Waals surface area contributed by atoms with Gasteiger partial charge in [0.15, 0.2) is 0 Å². The highest BCUT2D eigenvalue weighted by Crippen LogP contribution is 2.39. The van der Waals surface area contributed by atoms with Gasteiger partial charge in [-0.25, -0.2) is 8.78 Å². The van der Waals surface area contributed by atoms with Crippen LogP contribution in [-0.2, 0) is 0 Å². The molecule has 1 heterocycles. The molecule has 0 spiro atoms. The van der Waals surface area contributed by atoms with Crippen molar-refractivity contribution >= 4 is 15.9 Å². The lowest BCUT2D eigenvalue weighted by molar-refractivity contribution is -0.0515. The van der Waals surface area contributed by atoms with Crippen LogP contribution in [0.2, 0.25) is 0 Å². The molecule has 1 aliphatic carbocycles. The maximum atomic E-state index is 13.1. The Morgan fingerprint density at radius 3 is 2.93 bits per heavy atom. The Morgan fingerprint density at radius 1 is 1.57 bits per heavy atom. The molecule has 1 aromatic rings. The van der Waals surface area contributed by atoms with Gasteiger partial charge in [-0.2, -0.15) is 5.10 Å². The fraction of sp³-hybridized carbons (Fsp3) is 0.667. The predicted octanol–water partition coefficient (Wildman–Crippen LogP) is 3.40. The van der Waals surface area contributed by atoms with Crippen LogP contribution in [-0.4, -0.2) is 15.7 Å². The number of hydrogen-bond donors (Lipinski definition) is 0. The maximum absolute atomic E-state index is 13.1. The van der Waals surface area contributed by atoms with Gasteiger partial charge in [0.25, 0.3) is 0 Å². The second-order valence-corrected chi connectivity index (χ2v) is 4.52. The fourth-order valence-corrected chi connectivity index (χ4v) is 2.42. The van der Waals surface area contributed by atoms with Crippen molar-refractivity contribution in [2.45, 2.75) is 37.6 Å². The summed E-state index contributed by atoms with van der Waals surface area (Å²) in [6.45, 7) is 0. The molecule has 0 amide bonds. The van der Waals surface area contributed by atoms with Gasteiger partial charge in [-0.1, -0.05) is 0 Å². The third-order valence-corrected chi connectivity index (χ3v) is 3.21. The van der Waals surface area contributed by atoms with Gasteiger partial charge in [0.2, 0.25) is 5.92 Å². The molecule has 0 N–H and O–H groups in total. The van der Waals surface area contributed by atoms with Gasteiger partial charge < -0.3 is 0 Å². The summed E-state index contributed by atoms with van der Waals surface area (Å²) in [6.07, 6.45) is 2.91. The number of halogens is 3. The quantitative estimate of drug-likeness (QED) is 0.761. The van der Waals surface area contributed by atoms with Crippen LogP contribution in [0.5, 0.6) is 0 Å². The van der Waals surface area contributed by atoms with E-state index in [9.17, 15) is 8.78 Å². The Balaban J connectivity index is 2.16. The smallest absolute Gasteiger partial charge is 0.250 e. The molecular weight excluding hydrogens is 254 g/mol. The number of nitrogens with zero attached hydrogens (tertiary/aromatic N) is 2. The van der Waals surface area contributed by atoms with Crippen molar-refractivity contribution in [1.82, 2.24) is 9.78 Å². The second kappa shape index (κ2) is 3.61. The highest BCUT2D eigenvalue weighted by Gasteiger charge is 2.37. The largest absolute Gasteiger partial charge is 0.255 e. The van der Waals surface area contributed by atoms with Gasteiger partial charge in [-0.15, -0.1) is 0 Å². The molecule has 1 atom stereocenters. The Bertz CT molecular complexity index is 324. The minimum Gasteiger partial charge on any atom is -0.255 e. The highest BCUT2D eigenvalue weighted by molar-refractivity contribution is 9.10. The van der Waals surface area contributed by atoms with Crippen LogP contribution in [0.3, 0.4) is 0 Å². The molecule has 1 aromatic heterocycles. The van der Waals surface area contributed by atoms with Crippen molar-refractivity contribution in [3.8, 4) is 0 Å². The van der Waals surface area contributed by atoms with E-state index in [0.717, 1.165) is 11.0 Å². The van der Waals surface area contributed by atoms with E-state index in [1.54, 1.807) is 16.9 Å². The molecule has 0 bridgehead atoms. The first-order valence-electron chi connectivity index (χ1n) is 4.65. The van der Waals surface area contributed by atoms with E-state index < -0.39 is 5.92 Å². The van der Waals surface area contributed by atoms with Crippen molar-refractivity contribution in [3.05, 3.63) is 16.9 Å². The molecule has 14 heavy (non-hydrogen) atoms. The normalized spacial score (nSPS) is 26.4. The van der Waals surface area contributed by atoms with E-state index in [2.05, 4.69) is 21.0 Å². The summed E-state index contributed by atoms with van der Waals surface area (Å²) in [5.41, 5.74) is 0. The number of rotatable bonds is 1. The summed E-state index contributed by atoms with van der Waals surface area (Å²) < 4.78 is 28.7. The van der Waals surface area contributed by atoms with Crippen molar-refractivity contribution in [3.63, 3.8) is 0 Å². The fourth-order valence-electron chi connectivity index (χ4n) is 1.92. The monoisotopic (exact) mass is 264 g/mol. The molecule has 78 valence electrons. The third-order valence-electron chi connectivity index (χ3n) is 2.58. The van der Waals surface area contributed by atoms with E-state index in [4.69, 9.17) is 0 Å². The average molecular weight is 265 g/mol. The summed E-state index contributed by atoms with van der Waals surface area (Å²) in [7, 11) is 0. The van der Waals surface area contributed by atoms with Crippen LogP contribution >= 0.6 is 15.9 Å². The van der Waals surface area contributed by atoms with Gasteiger partial charge in [0.1, 0.15) is 4.60 Å². The molecule has 2 rings (SSSR count). The van der Waals surface area contributed by atoms with E-state index in [1.165, 1.54) is 0 Å². The molecule has 0 aromatic carbocycles. The Hall–Kier alpha value is -0.450. The third kappa shape index (κ3) is 1.97. The van der Waals surface area contributed by atoms with Crippen molar-refractivity contribution in [2.24, 2.45) is 0 Å². The van der Waals surface area contributed by atoms with Gasteiger partial charge in [0, 0.05) is 12.8 Å². The minimum atomic E-state index is -2.52. The first-order valence-corrected chi connectivity index (χ1v) is 5.45. The predicted molar refractivity (Wildman–Crippen MR) is 52.4 cm³/mol. The van der Waals surface area contributed by atoms with Crippen LogP contribution in [0.4, 0.5) is 8.78 Å². The van der Waals surface area contributed by atoms with E-state index in [-0.39, 0.29) is 18.9 Å². The lowest BCUT2D eigenvalue weighted by Crippen LogP contribution is -2.28. The van der Waals surface area contributed by atoms with E-state index >= 15 is 0 Å². The number of alkyl halides is 2. The van der Waals surface area contributed by atoms with Crippen LogP contribution in [0.15, 0.2) is 16.9 Å². The number of aromatic nitrogens is 2. The van der Waals surface area contributed by atoms with E-state index in [1.807, 2.05) is 0 Å². The van der Waals surface area contributed by atoms with Crippen LogP contribution < -0.4 is 0 Å². The molecule has 2 nitrogen and oxygen atoms in total. The molecule has 0 saturated heterocycles. The van der Waals surface area contributed by atoms with Crippen LogP contribution in [0.25, 0.3) is 0 Å². The highest BCUT2D eigenvalue weighted by atomic mass is 79.9. The zero-order chi connectivity index (χ0) is 10.2. The first-order chi connectivity index (χ1) is 6.58. The lowest BCUT2D eigenvalue weighted by atomic mass is 9.92. The molecule has 1 fully saturated rings. The van der Waals surface area contributed by atoms with Gasteiger partial charge in [-0.05, 0) is 34.8 Å². The average Bonchev–Trinajstić information content (AvgIpc) is 2.49. The minimum absolute atomic E-state index is 0.0163. The van der Waals surface area contributed by atoms with Gasteiger partial charge >= 0.3 is 0 Å².